The summed E-state index contributed by atoms with van der Waals surface area (Å²) in [5, 5.41) is 8.29. The van der Waals surface area contributed by atoms with Crippen molar-refractivity contribution < 1.29 is 0 Å². The Balaban J connectivity index is 1.92. The summed E-state index contributed by atoms with van der Waals surface area (Å²) in [5.74, 6) is 1.32. The molecule has 0 fully saturated rings. The second-order valence-corrected chi connectivity index (χ2v) is 4.71. The molecule has 92 valence electrons. The van der Waals surface area contributed by atoms with Crippen LogP contribution in [0.5, 0.6) is 0 Å². The van der Waals surface area contributed by atoms with Crippen LogP contribution < -0.4 is 10.6 Å². The molecular weight excluding hydrogens is 248 g/mol. The molecule has 6 nitrogen and oxygen atoms in total. The lowest BCUT2D eigenvalue weighted by Gasteiger charge is -2.06. The molecule has 0 aliphatic heterocycles. The van der Waals surface area contributed by atoms with Crippen LogP contribution in [0.4, 0.5) is 11.8 Å². The molecule has 3 rings (SSSR count). The summed E-state index contributed by atoms with van der Waals surface area (Å²) < 4.78 is 0. The average Bonchev–Trinajstić information content (AvgIpc) is 3.06. The topological polar surface area (TPSA) is 78.5 Å². The molecule has 0 unspecified atom stereocenters. The lowest BCUT2D eigenvalue weighted by atomic mass is 10.4. The van der Waals surface area contributed by atoms with Gasteiger partial charge in [-0.25, -0.2) is 4.98 Å². The Labute approximate surface area is 108 Å². The fourth-order valence-electron chi connectivity index (χ4n) is 1.66. The highest BCUT2D eigenvalue weighted by Crippen LogP contribution is 2.19. The van der Waals surface area contributed by atoms with Crippen LogP contribution in [-0.4, -0.2) is 27.0 Å². The number of aromatic amines is 1. The molecule has 0 atom stereocenters. The van der Waals surface area contributed by atoms with E-state index in [1.54, 1.807) is 24.7 Å². The number of H-pyrrole nitrogens is 1. The van der Waals surface area contributed by atoms with Gasteiger partial charge in [0.05, 0.1) is 12.9 Å². The molecular formula is C11H12N6S. The molecule has 18 heavy (non-hydrogen) atoms. The van der Waals surface area contributed by atoms with Crippen molar-refractivity contribution in [3.05, 3.63) is 28.7 Å². The lowest BCUT2D eigenvalue weighted by Crippen LogP contribution is -2.04. The number of hydrogen-bond acceptors (Lipinski definition) is 6. The van der Waals surface area contributed by atoms with Crippen LogP contribution >= 0.6 is 11.3 Å². The lowest BCUT2D eigenvalue weighted by molar-refractivity contribution is 1.11. The van der Waals surface area contributed by atoms with Crippen molar-refractivity contribution in [1.29, 1.82) is 0 Å². The number of fused-ring (bicyclic) bond motifs is 1. The Kier molecular flexibility index (Phi) is 2.81. The molecule has 3 aromatic rings. The van der Waals surface area contributed by atoms with Crippen LogP contribution in [0.15, 0.2) is 23.8 Å². The number of imidazole rings is 1. The Morgan fingerprint density at radius 2 is 2.33 bits per heavy atom. The summed E-state index contributed by atoms with van der Waals surface area (Å²) in [6.45, 7) is 0.742. The number of anilines is 2. The Hall–Kier alpha value is -2.15. The number of rotatable bonds is 4. The van der Waals surface area contributed by atoms with Gasteiger partial charge in [-0.2, -0.15) is 9.97 Å². The highest BCUT2D eigenvalue weighted by molar-refractivity contribution is 7.09. The second kappa shape index (κ2) is 4.61. The third-order valence-electron chi connectivity index (χ3n) is 2.52. The van der Waals surface area contributed by atoms with Gasteiger partial charge in [-0.1, -0.05) is 6.07 Å². The highest BCUT2D eigenvalue weighted by Gasteiger charge is 2.08. The quantitative estimate of drug-likeness (QED) is 0.669. The van der Waals surface area contributed by atoms with Crippen molar-refractivity contribution in [2.45, 2.75) is 6.54 Å². The minimum absolute atomic E-state index is 0.559. The molecule has 3 N–H and O–H groups in total. The molecule has 3 aromatic heterocycles. The molecule has 0 spiro atoms. The van der Waals surface area contributed by atoms with Crippen molar-refractivity contribution in [3.8, 4) is 0 Å². The van der Waals surface area contributed by atoms with Crippen molar-refractivity contribution in [2.75, 3.05) is 17.7 Å². The van der Waals surface area contributed by atoms with Gasteiger partial charge in [0.1, 0.15) is 5.52 Å². The molecule has 0 amide bonds. The van der Waals surface area contributed by atoms with Crippen LogP contribution in [0.1, 0.15) is 4.88 Å². The zero-order valence-corrected chi connectivity index (χ0v) is 10.6. The van der Waals surface area contributed by atoms with Gasteiger partial charge in [-0.05, 0) is 11.4 Å². The minimum Gasteiger partial charge on any atom is -0.363 e. The summed E-state index contributed by atoms with van der Waals surface area (Å²) in [7, 11) is 1.79. The van der Waals surface area contributed by atoms with Gasteiger partial charge >= 0.3 is 0 Å². The van der Waals surface area contributed by atoms with Gasteiger partial charge in [-0.3, -0.25) is 0 Å². The van der Waals surface area contributed by atoms with Crippen molar-refractivity contribution >= 4 is 34.3 Å². The second-order valence-electron chi connectivity index (χ2n) is 3.68. The molecule has 0 radical (unpaired) electrons. The van der Waals surface area contributed by atoms with Gasteiger partial charge in [0.2, 0.25) is 5.95 Å². The Morgan fingerprint density at radius 1 is 1.39 bits per heavy atom. The van der Waals surface area contributed by atoms with Crippen molar-refractivity contribution in [2.24, 2.45) is 0 Å². The summed E-state index contributed by atoms with van der Waals surface area (Å²) in [5.41, 5.74) is 1.48. The summed E-state index contributed by atoms with van der Waals surface area (Å²) in [6.07, 6.45) is 1.62. The molecule has 7 heteroatoms. The third-order valence-corrected chi connectivity index (χ3v) is 3.40. The zero-order valence-electron chi connectivity index (χ0n) is 9.77. The Bertz CT molecular complexity index is 645. The predicted molar refractivity (Wildman–Crippen MR) is 72.9 cm³/mol. The van der Waals surface area contributed by atoms with E-state index >= 15 is 0 Å². The third kappa shape index (κ3) is 2.00. The molecule has 0 aromatic carbocycles. The first kappa shape index (κ1) is 11.0. The van der Waals surface area contributed by atoms with Crippen LogP contribution in [0.25, 0.3) is 11.2 Å². The van der Waals surface area contributed by atoms with E-state index in [1.165, 1.54) is 4.88 Å². The van der Waals surface area contributed by atoms with E-state index in [4.69, 9.17) is 0 Å². The molecule has 0 saturated heterocycles. The van der Waals surface area contributed by atoms with Gasteiger partial charge in [0.25, 0.3) is 0 Å². The van der Waals surface area contributed by atoms with E-state index in [0.29, 0.717) is 11.6 Å². The normalized spacial score (nSPS) is 10.7. The van der Waals surface area contributed by atoms with E-state index < -0.39 is 0 Å². The van der Waals surface area contributed by atoms with Crippen LogP contribution in [0.3, 0.4) is 0 Å². The van der Waals surface area contributed by atoms with E-state index in [2.05, 4.69) is 42.0 Å². The number of thiophene rings is 1. The minimum atomic E-state index is 0.559. The van der Waals surface area contributed by atoms with E-state index in [-0.39, 0.29) is 0 Å². The predicted octanol–water partition coefficient (Wildman–Crippen LogP) is 2.07. The summed E-state index contributed by atoms with van der Waals surface area (Å²) >= 11 is 1.71. The van der Waals surface area contributed by atoms with Crippen molar-refractivity contribution in [3.63, 3.8) is 0 Å². The molecule has 3 heterocycles. The van der Waals surface area contributed by atoms with Crippen molar-refractivity contribution in [1.82, 2.24) is 19.9 Å². The fraction of sp³-hybridized carbons (Fsp3) is 0.182. The van der Waals surface area contributed by atoms with E-state index in [9.17, 15) is 0 Å². The summed E-state index contributed by atoms with van der Waals surface area (Å²) in [6, 6.07) is 4.12. The van der Waals surface area contributed by atoms with E-state index in [0.717, 1.165) is 17.9 Å². The average molecular weight is 260 g/mol. The first-order valence-corrected chi connectivity index (χ1v) is 6.40. The Morgan fingerprint density at radius 3 is 3.11 bits per heavy atom. The van der Waals surface area contributed by atoms with Gasteiger partial charge in [0, 0.05) is 11.9 Å². The maximum atomic E-state index is 4.39. The van der Waals surface area contributed by atoms with Crippen LogP contribution in [-0.2, 0) is 6.54 Å². The fourth-order valence-corrected chi connectivity index (χ4v) is 2.30. The SMILES string of the molecule is CNc1nc(NCc2cccs2)c2[nH]cnc2n1. The monoisotopic (exact) mass is 260 g/mol. The first-order valence-electron chi connectivity index (χ1n) is 5.52. The van der Waals surface area contributed by atoms with Crippen LogP contribution in [0, 0.1) is 0 Å². The smallest absolute Gasteiger partial charge is 0.226 e. The van der Waals surface area contributed by atoms with Crippen LogP contribution in [0.2, 0.25) is 0 Å². The van der Waals surface area contributed by atoms with Gasteiger partial charge < -0.3 is 15.6 Å². The highest BCUT2D eigenvalue weighted by atomic mass is 32.1. The number of nitrogens with zero attached hydrogens (tertiary/aromatic N) is 3. The maximum absolute atomic E-state index is 4.39. The molecule has 0 aliphatic carbocycles. The molecule has 0 aliphatic rings. The van der Waals surface area contributed by atoms with E-state index in [1.807, 2.05) is 6.07 Å². The number of nitrogens with one attached hydrogen (secondary N) is 3. The maximum Gasteiger partial charge on any atom is 0.226 e. The molecule has 0 saturated carbocycles. The number of aromatic nitrogens is 4. The number of hydrogen-bond donors (Lipinski definition) is 3. The summed E-state index contributed by atoms with van der Waals surface area (Å²) in [4.78, 5) is 17.1. The largest absolute Gasteiger partial charge is 0.363 e. The first-order chi connectivity index (χ1) is 8.86. The van der Waals surface area contributed by atoms with Gasteiger partial charge in [-0.15, -0.1) is 11.3 Å². The standard InChI is InChI=1S/C11H12N6S/c1-12-11-16-9(8-10(17-11)15-6-14-8)13-5-7-3-2-4-18-7/h2-4,6H,5H2,1H3,(H3,12,13,14,15,16,17). The van der Waals surface area contributed by atoms with Gasteiger partial charge in [0.15, 0.2) is 11.5 Å². The molecule has 0 bridgehead atoms. The zero-order chi connectivity index (χ0) is 12.4.